The van der Waals surface area contributed by atoms with E-state index in [1.165, 1.54) is 0 Å². The molecule has 7 nitrogen and oxygen atoms in total. The highest BCUT2D eigenvalue weighted by Gasteiger charge is 2.18. The summed E-state index contributed by atoms with van der Waals surface area (Å²) in [5, 5.41) is 7.80. The molecule has 3 aromatic rings. The van der Waals surface area contributed by atoms with Gasteiger partial charge in [-0.1, -0.05) is 30.3 Å². The number of amides is 1. The molecule has 0 bridgehead atoms. The Morgan fingerprint density at radius 3 is 2.58 bits per heavy atom. The SMILES string of the molecule is Cc1nc2c(-c3ccccc3)c(C)nn2c(C)c1CCC(=O)NCCN1CCOCC1. The Labute approximate surface area is 183 Å². The molecule has 0 spiro atoms. The van der Waals surface area contributed by atoms with E-state index in [2.05, 4.69) is 29.3 Å². The summed E-state index contributed by atoms with van der Waals surface area (Å²) in [5.74, 6) is 0.0776. The minimum Gasteiger partial charge on any atom is -0.379 e. The Kier molecular flexibility index (Phi) is 6.63. The van der Waals surface area contributed by atoms with Gasteiger partial charge >= 0.3 is 0 Å². The fourth-order valence-corrected chi connectivity index (χ4v) is 4.28. The average molecular weight is 422 g/mol. The number of rotatable bonds is 7. The average Bonchev–Trinajstić information content (AvgIpc) is 3.11. The first-order valence-corrected chi connectivity index (χ1v) is 11.0. The normalized spacial score (nSPS) is 14.8. The van der Waals surface area contributed by atoms with Crippen molar-refractivity contribution in [2.45, 2.75) is 33.6 Å². The predicted octanol–water partition coefficient (Wildman–Crippen LogP) is 2.70. The Hall–Kier alpha value is -2.77. The summed E-state index contributed by atoms with van der Waals surface area (Å²) >= 11 is 0. The molecular weight excluding hydrogens is 390 g/mol. The number of carbonyl (C=O) groups excluding carboxylic acids is 1. The molecule has 3 heterocycles. The van der Waals surface area contributed by atoms with E-state index in [1.54, 1.807) is 0 Å². The standard InChI is InChI=1S/C24H31N5O2/c1-17-21(9-10-22(30)25-11-12-28-13-15-31-16-14-28)19(3)29-24(26-17)23(18(2)27-29)20-7-5-4-6-8-20/h4-8H,9-16H2,1-3H3,(H,25,30). The quantitative estimate of drug-likeness (QED) is 0.635. The summed E-state index contributed by atoms with van der Waals surface area (Å²) in [4.78, 5) is 19.6. The lowest BCUT2D eigenvalue weighted by Gasteiger charge is -2.26. The van der Waals surface area contributed by atoms with Gasteiger partial charge in [0.05, 0.1) is 18.9 Å². The summed E-state index contributed by atoms with van der Waals surface area (Å²) in [6.07, 6.45) is 1.10. The van der Waals surface area contributed by atoms with Crippen LogP contribution in [-0.4, -0.2) is 64.8 Å². The molecule has 1 aliphatic heterocycles. The van der Waals surface area contributed by atoms with Crippen molar-refractivity contribution in [1.82, 2.24) is 24.8 Å². The molecule has 1 aromatic carbocycles. The van der Waals surface area contributed by atoms with Crippen LogP contribution in [0.5, 0.6) is 0 Å². The van der Waals surface area contributed by atoms with Crippen LogP contribution in [0.25, 0.3) is 16.8 Å². The van der Waals surface area contributed by atoms with E-state index in [0.29, 0.717) is 19.4 Å². The lowest BCUT2D eigenvalue weighted by Crippen LogP contribution is -2.41. The number of hydrogen-bond acceptors (Lipinski definition) is 5. The van der Waals surface area contributed by atoms with Crippen molar-refractivity contribution in [3.63, 3.8) is 0 Å². The lowest BCUT2D eigenvalue weighted by atomic mass is 10.0. The smallest absolute Gasteiger partial charge is 0.220 e. The van der Waals surface area contributed by atoms with Gasteiger partial charge < -0.3 is 10.1 Å². The number of aryl methyl sites for hydroxylation is 3. The van der Waals surface area contributed by atoms with Crippen molar-refractivity contribution in [3.05, 3.63) is 53.0 Å². The Morgan fingerprint density at radius 2 is 1.84 bits per heavy atom. The molecule has 0 saturated carbocycles. The molecule has 1 saturated heterocycles. The van der Waals surface area contributed by atoms with Gasteiger partial charge in [-0.15, -0.1) is 0 Å². The summed E-state index contributed by atoms with van der Waals surface area (Å²) in [6.45, 7) is 11.1. The van der Waals surface area contributed by atoms with Gasteiger partial charge in [-0.2, -0.15) is 5.10 Å². The largest absolute Gasteiger partial charge is 0.379 e. The molecule has 164 valence electrons. The minimum absolute atomic E-state index is 0.0776. The third-order valence-electron chi connectivity index (χ3n) is 6.02. The van der Waals surface area contributed by atoms with E-state index in [0.717, 1.165) is 72.3 Å². The van der Waals surface area contributed by atoms with Crippen molar-refractivity contribution in [2.75, 3.05) is 39.4 Å². The molecule has 7 heteroatoms. The first-order chi connectivity index (χ1) is 15.0. The van der Waals surface area contributed by atoms with E-state index in [9.17, 15) is 4.79 Å². The number of fused-ring (bicyclic) bond motifs is 1. The molecule has 2 aromatic heterocycles. The van der Waals surface area contributed by atoms with Crippen LogP contribution in [0.15, 0.2) is 30.3 Å². The molecule has 1 fully saturated rings. The molecule has 31 heavy (non-hydrogen) atoms. The summed E-state index contributed by atoms with van der Waals surface area (Å²) in [5.41, 5.74) is 7.12. The number of morpholine rings is 1. The van der Waals surface area contributed by atoms with Gasteiger partial charge in [0, 0.05) is 49.6 Å². The van der Waals surface area contributed by atoms with Crippen LogP contribution < -0.4 is 5.32 Å². The zero-order valence-electron chi connectivity index (χ0n) is 18.6. The number of ether oxygens (including phenoxy) is 1. The molecule has 0 radical (unpaired) electrons. The van der Waals surface area contributed by atoms with Gasteiger partial charge in [-0.25, -0.2) is 9.50 Å². The Morgan fingerprint density at radius 1 is 1.10 bits per heavy atom. The van der Waals surface area contributed by atoms with Gasteiger partial charge in [-0.3, -0.25) is 9.69 Å². The van der Waals surface area contributed by atoms with Crippen molar-refractivity contribution in [2.24, 2.45) is 0 Å². The van der Waals surface area contributed by atoms with Gasteiger partial charge in [-0.05, 0) is 38.3 Å². The Balaban J connectivity index is 1.44. The zero-order chi connectivity index (χ0) is 21.8. The van der Waals surface area contributed by atoms with Crippen LogP contribution in [0.2, 0.25) is 0 Å². The fourth-order valence-electron chi connectivity index (χ4n) is 4.28. The van der Waals surface area contributed by atoms with Gasteiger partial charge in [0.25, 0.3) is 0 Å². The fraction of sp³-hybridized carbons (Fsp3) is 0.458. The first-order valence-electron chi connectivity index (χ1n) is 11.0. The Bertz CT molecular complexity index is 1060. The zero-order valence-corrected chi connectivity index (χ0v) is 18.6. The third-order valence-corrected chi connectivity index (χ3v) is 6.02. The van der Waals surface area contributed by atoms with E-state index in [-0.39, 0.29) is 5.91 Å². The number of benzene rings is 1. The molecule has 1 amide bonds. The predicted molar refractivity (Wildman–Crippen MR) is 121 cm³/mol. The topological polar surface area (TPSA) is 71.8 Å². The molecule has 1 N–H and O–H groups in total. The van der Waals surface area contributed by atoms with Crippen molar-refractivity contribution in [1.29, 1.82) is 0 Å². The summed E-state index contributed by atoms with van der Waals surface area (Å²) < 4.78 is 7.29. The maximum atomic E-state index is 12.4. The second-order valence-electron chi connectivity index (χ2n) is 8.13. The molecule has 0 atom stereocenters. The van der Waals surface area contributed by atoms with Gasteiger partial charge in [0.2, 0.25) is 5.91 Å². The second kappa shape index (κ2) is 9.58. The maximum Gasteiger partial charge on any atom is 0.220 e. The highest BCUT2D eigenvalue weighted by molar-refractivity contribution is 5.80. The lowest BCUT2D eigenvalue weighted by molar-refractivity contribution is -0.121. The number of carbonyl (C=O) groups is 1. The van der Waals surface area contributed by atoms with Crippen molar-refractivity contribution < 1.29 is 9.53 Å². The number of hydrogen-bond donors (Lipinski definition) is 1. The van der Waals surface area contributed by atoms with Crippen LogP contribution in [0.1, 0.15) is 29.1 Å². The highest BCUT2D eigenvalue weighted by Crippen LogP contribution is 2.29. The number of aromatic nitrogens is 3. The van der Waals surface area contributed by atoms with Gasteiger partial charge in [0.15, 0.2) is 5.65 Å². The first kappa shape index (κ1) is 21.5. The van der Waals surface area contributed by atoms with Crippen LogP contribution in [0, 0.1) is 20.8 Å². The van der Waals surface area contributed by atoms with Gasteiger partial charge in [0.1, 0.15) is 0 Å². The maximum absolute atomic E-state index is 12.4. The van der Waals surface area contributed by atoms with Crippen molar-refractivity contribution >= 4 is 11.6 Å². The van der Waals surface area contributed by atoms with E-state index in [1.807, 2.05) is 36.6 Å². The number of nitrogens with zero attached hydrogens (tertiary/aromatic N) is 4. The third kappa shape index (κ3) is 4.78. The van der Waals surface area contributed by atoms with Crippen LogP contribution in [0.3, 0.4) is 0 Å². The van der Waals surface area contributed by atoms with Crippen LogP contribution in [0.4, 0.5) is 0 Å². The van der Waals surface area contributed by atoms with Crippen molar-refractivity contribution in [3.8, 4) is 11.1 Å². The highest BCUT2D eigenvalue weighted by atomic mass is 16.5. The van der Waals surface area contributed by atoms with E-state index >= 15 is 0 Å². The molecule has 4 rings (SSSR count). The van der Waals surface area contributed by atoms with E-state index in [4.69, 9.17) is 14.8 Å². The minimum atomic E-state index is 0.0776. The van der Waals surface area contributed by atoms with E-state index < -0.39 is 0 Å². The number of nitrogens with one attached hydrogen (secondary N) is 1. The summed E-state index contributed by atoms with van der Waals surface area (Å²) in [7, 11) is 0. The second-order valence-corrected chi connectivity index (χ2v) is 8.13. The molecule has 0 unspecified atom stereocenters. The van der Waals surface area contributed by atoms with Crippen LogP contribution in [-0.2, 0) is 16.0 Å². The summed E-state index contributed by atoms with van der Waals surface area (Å²) in [6, 6.07) is 10.3. The van der Waals surface area contributed by atoms with Crippen LogP contribution >= 0.6 is 0 Å². The monoisotopic (exact) mass is 421 g/mol. The molecule has 1 aliphatic rings. The molecular formula is C24H31N5O2. The molecule has 0 aliphatic carbocycles.